The SMILES string of the molecule is Cc1csc(Sc2ccc(NC(=O)c3nc(S(C)(=O)=O)n4ccccc34)cc2)n1. The molecule has 0 aliphatic rings. The van der Waals surface area contributed by atoms with E-state index in [0.29, 0.717) is 11.2 Å². The maximum Gasteiger partial charge on any atom is 0.276 e. The number of aromatic nitrogens is 3. The third kappa shape index (κ3) is 4.19. The summed E-state index contributed by atoms with van der Waals surface area (Å²) in [5, 5.41) is 4.61. The Labute approximate surface area is 175 Å². The molecule has 29 heavy (non-hydrogen) atoms. The minimum absolute atomic E-state index is 0.0581. The topological polar surface area (TPSA) is 93.4 Å². The maximum absolute atomic E-state index is 12.8. The summed E-state index contributed by atoms with van der Waals surface area (Å²) in [5.74, 6) is -0.473. The first kappa shape index (κ1) is 19.6. The van der Waals surface area contributed by atoms with Crippen molar-refractivity contribution in [2.45, 2.75) is 21.3 Å². The van der Waals surface area contributed by atoms with Gasteiger partial charge in [-0.05, 0) is 43.3 Å². The Hall–Kier alpha value is -2.69. The first-order valence-corrected chi connectivity index (χ1v) is 12.1. The number of nitrogens with one attached hydrogen (secondary N) is 1. The minimum atomic E-state index is -3.58. The molecular formula is C19H16N4O3S3. The van der Waals surface area contributed by atoms with Crippen molar-refractivity contribution in [2.75, 3.05) is 11.6 Å². The van der Waals surface area contributed by atoms with Gasteiger partial charge >= 0.3 is 0 Å². The van der Waals surface area contributed by atoms with E-state index in [1.807, 2.05) is 24.4 Å². The molecule has 1 amide bonds. The molecule has 1 N–H and O–H groups in total. The predicted octanol–water partition coefficient (Wildman–Crippen LogP) is 3.91. The Morgan fingerprint density at radius 3 is 2.55 bits per heavy atom. The van der Waals surface area contributed by atoms with Gasteiger partial charge in [-0.3, -0.25) is 9.20 Å². The number of sulfone groups is 1. The van der Waals surface area contributed by atoms with Gasteiger partial charge in [-0.1, -0.05) is 17.8 Å². The van der Waals surface area contributed by atoms with E-state index in [1.54, 1.807) is 59.6 Å². The van der Waals surface area contributed by atoms with Crippen LogP contribution in [0.2, 0.25) is 0 Å². The van der Waals surface area contributed by atoms with Crippen molar-refractivity contribution in [1.29, 1.82) is 0 Å². The average Bonchev–Trinajstić information content (AvgIpc) is 3.26. The summed E-state index contributed by atoms with van der Waals surface area (Å²) in [6.07, 6.45) is 2.64. The highest BCUT2D eigenvalue weighted by molar-refractivity contribution is 8.01. The smallest absolute Gasteiger partial charge is 0.276 e. The zero-order valence-corrected chi connectivity index (χ0v) is 17.9. The van der Waals surface area contributed by atoms with Gasteiger partial charge in [0.15, 0.2) is 10.0 Å². The number of thiazole rings is 1. The number of pyridine rings is 1. The molecule has 148 valence electrons. The number of hydrogen-bond acceptors (Lipinski definition) is 7. The van der Waals surface area contributed by atoms with Crippen molar-refractivity contribution < 1.29 is 13.2 Å². The average molecular weight is 445 g/mol. The lowest BCUT2D eigenvalue weighted by Crippen LogP contribution is -2.13. The van der Waals surface area contributed by atoms with Crippen LogP contribution in [0.25, 0.3) is 5.52 Å². The van der Waals surface area contributed by atoms with Gasteiger partial charge in [0.05, 0.1) is 5.52 Å². The maximum atomic E-state index is 12.8. The van der Waals surface area contributed by atoms with E-state index >= 15 is 0 Å². The monoisotopic (exact) mass is 444 g/mol. The van der Waals surface area contributed by atoms with Gasteiger partial charge in [0.1, 0.15) is 0 Å². The molecule has 10 heteroatoms. The Morgan fingerprint density at radius 1 is 1.14 bits per heavy atom. The summed E-state index contributed by atoms with van der Waals surface area (Å²) in [6.45, 7) is 1.95. The highest BCUT2D eigenvalue weighted by atomic mass is 32.2. The fraction of sp³-hybridized carbons (Fsp3) is 0.105. The number of rotatable bonds is 5. The van der Waals surface area contributed by atoms with Crippen LogP contribution < -0.4 is 5.32 Å². The molecule has 3 aromatic heterocycles. The summed E-state index contributed by atoms with van der Waals surface area (Å²) in [5.41, 5.74) is 2.06. The highest BCUT2D eigenvalue weighted by Gasteiger charge is 2.22. The number of imidazole rings is 1. The van der Waals surface area contributed by atoms with Gasteiger partial charge < -0.3 is 5.32 Å². The molecule has 0 unspecified atom stereocenters. The second kappa shape index (κ2) is 7.62. The molecule has 0 spiro atoms. The van der Waals surface area contributed by atoms with Crippen molar-refractivity contribution in [1.82, 2.24) is 14.4 Å². The van der Waals surface area contributed by atoms with Crippen LogP contribution in [0.15, 0.2) is 68.4 Å². The van der Waals surface area contributed by atoms with Crippen LogP contribution >= 0.6 is 23.1 Å². The number of amides is 1. The van der Waals surface area contributed by atoms with Crippen molar-refractivity contribution in [2.24, 2.45) is 0 Å². The standard InChI is InChI=1S/C19H16N4O3S3/c1-12-11-27-19(20-12)28-14-8-6-13(7-9-14)21-17(24)16-15-5-3-4-10-23(15)18(22-16)29(2,25)26/h3-11H,1-2H3,(H,21,24). The van der Waals surface area contributed by atoms with Crippen LogP contribution in [0.1, 0.15) is 16.2 Å². The van der Waals surface area contributed by atoms with Gasteiger partial charge in [-0.25, -0.2) is 18.4 Å². The lowest BCUT2D eigenvalue weighted by Gasteiger charge is -2.05. The summed E-state index contributed by atoms with van der Waals surface area (Å²) < 4.78 is 26.4. The van der Waals surface area contributed by atoms with Crippen LogP contribution in [0.3, 0.4) is 0 Å². The van der Waals surface area contributed by atoms with Gasteiger partial charge in [-0.15, -0.1) is 11.3 Å². The molecule has 4 aromatic rings. The second-order valence-electron chi connectivity index (χ2n) is 6.31. The summed E-state index contributed by atoms with van der Waals surface area (Å²) >= 11 is 3.14. The van der Waals surface area contributed by atoms with Gasteiger partial charge in [0, 0.05) is 34.1 Å². The number of carbonyl (C=O) groups is 1. The van der Waals surface area contributed by atoms with Crippen molar-refractivity contribution in [3.8, 4) is 0 Å². The van der Waals surface area contributed by atoms with Crippen LogP contribution in [-0.2, 0) is 9.84 Å². The molecule has 0 aliphatic heterocycles. The highest BCUT2D eigenvalue weighted by Crippen LogP contribution is 2.31. The minimum Gasteiger partial charge on any atom is -0.321 e. The number of fused-ring (bicyclic) bond motifs is 1. The molecule has 0 aliphatic carbocycles. The number of benzene rings is 1. The summed E-state index contributed by atoms with van der Waals surface area (Å²) in [7, 11) is -3.58. The van der Waals surface area contributed by atoms with Crippen molar-refractivity contribution >= 4 is 50.0 Å². The zero-order valence-electron chi connectivity index (χ0n) is 15.5. The zero-order chi connectivity index (χ0) is 20.6. The molecular weight excluding hydrogens is 428 g/mol. The van der Waals surface area contributed by atoms with Gasteiger partial charge in [0.2, 0.25) is 15.0 Å². The lowest BCUT2D eigenvalue weighted by molar-refractivity contribution is 0.102. The van der Waals surface area contributed by atoms with E-state index in [4.69, 9.17) is 0 Å². The lowest BCUT2D eigenvalue weighted by atomic mass is 10.3. The van der Waals surface area contributed by atoms with E-state index in [9.17, 15) is 13.2 Å². The Kier molecular flexibility index (Phi) is 5.15. The molecule has 3 heterocycles. The molecule has 0 atom stereocenters. The molecule has 4 rings (SSSR count). The Balaban J connectivity index is 1.57. The fourth-order valence-corrected chi connectivity index (χ4v) is 5.30. The van der Waals surface area contributed by atoms with E-state index in [1.165, 1.54) is 4.40 Å². The van der Waals surface area contributed by atoms with Crippen LogP contribution in [0, 0.1) is 6.92 Å². The summed E-state index contributed by atoms with van der Waals surface area (Å²) in [4.78, 5) is 22.3. The van der Waals surface area contributed by atoms with E-state index < -0.39 is 15.7 Å². The van der Waals surface area contributed by atoms with E-state index in [0.717, 1.165) is 21.2 Å². The number of carbonyl (C=O) groups excluding carboxylic acids is 1. The number of anilines is 1. The van der Waals surface area contributed by atoms with Crippen LogP contribution in [0.5, 0.6) is 0 Å². The Morgan fingerprint density at radius 2 is 1.90 bits per heavy atom. The number of aryl methyl sites for hydroxylation is 1. The molecule has 7 nitrogen and oxygen atoms in total. The molecule has 0 saturated heterocycles. The van der Waals surface area contributed by atoms with Crippen molar-refractivity contribution in [3.63, 3.8) is 0 Å². The van der Waals surface area contributed by atoms with Gasteiger partial charge in [-0.2, -0.15) is 0 Å². The Bertz CT molecular complexity index is 1310. The van der Waals surface area contributed by atoms with E-state index in [-0.39, 0.29) is 10.9 Å². The fourth-order valence-electron chi connectivity index (χ4n) is 2.72. The van der Waals surface area contributed by atoms with Crippen molar-refractivity contribution in [3.05, 3.63) is 65.4 Å². The first-order chi connectivity index (χ1) is 13.8. The third-order valence-corrected chi connectivity index (χ3v) is 6.99. The largest absolute Gasteiger partial charge is 0.321 e. The predicted molar refractivity (Wildman–Crippen MR) is 114 cm³/mol. The molecule has 0 saturated carbocycles. The summed E-state index contributed by atoms with van der Waals surface area (Å²) in [6, 6.07) is 12.4. The number of nitrogens with zero attached hydrogens (tertiary/aromatic N) is 3. The third-order valence-electron chi connectivity index (χ3n) is 3.98. The van der Waals surface area contributed by atoms with Crippen LogP contribution in [0.4, 0.5) is 5.69 Å². The second-order valence-corrected chi connectivity index (χ2v) is 10.4. The normalized spacial score (nSPS) is 11.7. The number of hydrogen-bond donors (Lipinski definition) is 1. The molecule has 1 aromatic carbocycles. The molecule has 0 fully saturated rings. The van der Waals surface area contributed by atoms with E-state index in [2.05, 4.69) is 15.3 Å². The molecule has 0 radical (unpaired) electrons. The first-order valence-electron chi connectivity index (χ1n) is 8.50. The quantitative estimate of drug-likeness (QED) is 0.502. The molecule has 0 bridgehead atoms. The van der Waals surface area contributed by atoms with Crippen LogP contribution in [-0.4, -0.2) is 34.9 Å². The van der Waals surface area contributed by atoms with Gasteiger partial charge in [0.25, 0.3) is 5.91 Å².